The molecule has 4 rings (SSSR count). The minimum Gasteiger partial charge on any atom is -0.507 e. The van der Waals surface area contributed by atoms with Crippen molar-refractivity contribution >= 4 is 5.95 Å². The third-order valence-electron chi connectivity index (χ3n) is 5.37. The summed E-state index contributed by atoms with van der Waals surface area (Å²) < 4.78 is 16.8. The van der Waals surface area contributed by atoms with Crippen LogP contribution in [-0.2, 0) is 0 Å². The van der Waals surface area contributed by atoms with Crippen LogP contribution in [0.25, 0.3) is 16.9 Å². The van der Waals surface area contributed by atoms with Crippen LogP contribution in [0.4, 0.5) is 10.3 Å². The van der Waals surface area contributed by atoms with Gasteiger partial charge in [-0.25, -0.2) is 14.4 Å². The molecule has 0 saturated carbocycles. The first-order valence-corrected chi connectivity index (χ1v) is 9.86. The van der Waals surface area contributed by atoms with E-state index in [1.54, 1.807) is 35.4 Å². The van der Waals surface area contributed by atoms with Gasteiger partial charge in [0.15, 0.2) is 0 Å². The van der Waals surface area contributed by atoms with E-state index in [9.17, 15) is 9.50 Å². The molecule has 1 saturated heterocycles. The van der Waals surface area contributed by atoms with Gasteiger partial charge in [-0.2, -0.15) is 0 Å². The van der Waals surface area contributed by atoms with Crippen LogP contribution in [0.3, 0.4) is 0 Å². The smallest absolute Gasteiger partial charge is 0.243 e. The van der Waals surface area contributed by atoms with Crippen molar-refractivity contribution in [2.45, 2.75) is 57.4 Å². The molecule has 0 spiro atoms. The predicted molar refractivity (Wildman–Crippen MR) is 112 cm³/mol. The standard InChI is InChI=1S/C21H26FN7O/c1-20(2)10-15(18(22)21(3,4)28-20)25-19-24-11-16(26-27-19)14-6-5-13(9-17(14)30)29-8-7-23-12-29/h5-9,11-12,15,18,28,30H,10H2,1-4H3,(H,24,25,27)/t15-,18-/m0/s1. The monoisotopic (exact) mass is 411 g/mol. The number of alkyl halides is 1. The number of piperidine rings is 1. The van der Waals surface area contributed by atoms with Crippen molar-refractivity contribution < 1.29 is 9.50 Å². The Morgan fingerprint density at radius 1 is 1.23 bits per heavy atom. The Labute approximate surface area is 174 Å². The fourth-order valence-corrected chi connectivity index (χ4v) is 4.21. The lowest BCUT2D eigenvalue weighted by Gasteiger charge is -2.48. The normalized spacial score (nSPS) is 22.6. The van der Waals surface area contributed by atoms with Gasteiger partial charge in [0.2, 0.25) is 5.95 Å². The van der Waals surface area contributed by atoms with Gasteiger partial charge >= 0.3 is 0 Å². The molecule has 30 heavy (non-hydrogen) atoms. The van der Waals surface area contributed by atoms with E-state index in [1.165, 1.54) is 6.20 Å². The average Bonchev–Trinajstić information content (AvgIpc) is 3.20. The van der Waals surface area contributed by atoms with Crippen LogP contribution in [0, 0.1) is 0 Å². The Kier molecular flexibility index (Phi) is 4.93. The first kappa shape index (κ1) is 20.2. The molecule has 8 nitrogen and oxygen atoms in total. The third kappa shape index (κ3) is 3.97. The fourth-order valence-electron chi connectivity index (χ4n) is 4.21. The number of imidazole rings is 1. The first-order valence-electron chi connectivity index (χ1n) is 9.86. The molecule has 9 heteroatoms. The molecule has 0 radical (unpaired) electrons. The highest BCUT2D eigenvalue weighted by Crippen LogP contribution is 2.33. The number of aromatic nitrogens is 5. The number of phenols is 1. The summed E-state index contributed by atoms with van der Waals surface area (Å²) in [5.74, 6) is 0.318. The number of halogens is 1. The minimum absolute atomic E-state index is 0.0590. The Morgan fingerprint density at radius 2 is 2.03 bits per heavy atom. The maximum atomic E-state index is 15.0. The number of phenolic OH excluding ortho intramolecular Hbond substituents is 1. The molecule has 1 aliphatic heterocycles. The van der Waals surface area contributed by atoms with Crippen molar-refractivity contribution in [3.63, 3.8) is 0 Å². The Morgan fingerprint density at radius 3 is 2.67 bits per heavy atom. The van der Waals surface area contributed by atoms with Crippen LogP contribution >= 0.6 is 0 Å². The number of nitrogens with one attached hydrogen (secondary N) is 2. The molecule has 3 aromatic rings. The highest BCUT2D eigenvalue weighted by atomic mass is 19.1. The van der Waals surface area contributed by atoms with Crippen molar-refractivity contribution in [2.24, 2.45) is 0 Å². The number of anilines is 1. The maximum Gasteiger partial charge on any atom is 0.243 e. The van der Waals surface area contributed by atoms with Crippen molar-refractivity contribution in [2.75, 3.05) is 5.32 Å². The maximum absolute atomic E-state index is 15.0. The Hall–Kier alpha value is -3.07. The van der Waals surface area contributed by atoms with Gasteiger partial charge in [-0.15, -0.1) is 10.2 Å². The van der Waals surface area contributed by atoms with Gasteiger partial charge in [-0.3, -0.25) is 0 Å². The van der Waals surface area contributed by atoms with Crippen LogP contribution in [-0.4, -0.2) is 53.1 Å². The number of hydrogen-bond donors (Lipinski definition) is 3. The quantitative estimate of drug-likeness (QED) is 0.606. The van der Waals surface area contributed by atoms with Gasteiger partial charge in [-0.05, 0) is 46.2 Å². The Bertz CT molecular complexity index is 1020. The van der Waals surface area contributed by atoms with Crippen molar-refractivity contribution in [3.8, 4) is 22.7 Å². The van der Waals surface area contributed by atoms with Crippen LogP contribution in [0.15, 0.2) is 43.1 Å². The number of nitrogens with zero attached hydrogens (tertiary/aromatic N) is 5. The predicted octanol–water partition coefficient (Wildman–Crippen LogP) is 3.10. The Balaban J connectivity index is 1.52. The molecule has 0 unspecified atom stereocenters. The van der Waals surface area contributed by atoms with E-state index in [-0.39, 0.29) is 17.2 Å². The molecule has 0 aliphatic carbocycles. The molecular formula is C21H26FN7O. The van der Waals surface area contributed by atoms with Gasteiger partial charge < -0.3 is 20.3 Å². The van der Waals surface area contributed by atoms with E-state index in [0.29, 0.717) is 17.7 Å². The number of hydrogen-bond acceptors (Lipinski definition) is 7. The fraction of sp³-hybridized carbons (Fsp3) is 0.429. The molecule has 158 valence electrons. The molecule has 1 aliphatic rings. The number of rotatable bonds is 4. The summed E-state index contributed by atoms with van der Waals surface area (Å²) in [6, 6.07) is 4.78. The number of aromatic hydroxyl groups is 1. The lowest BCUT2D eigenvalue weighted by molar-refractivity contribution is 0.0654. The largest absolute Gasteiger partial charge is 0.507 e. The van der Waals surface area contributed by atoms with Gasteiger partial charge in [0.25, 0.3) is 0 Å². The van der Waals surface area contributed by atoms with Gasteiger partial charge in [-0.1, -0.05) is 0 Å². The summed E-state index contributed by atoms with van der Waals surface area (Å²) in [5, 5.41) is 25.1. The SMILES string of the molecule is CC1(C)C[C@H](Nc2ncc(-c3ccc(-n4ccnc4)cc3O)nn2)[C@H](F)C(C)(C)N1. The van der Waals surface area contributed by atoms with Gasteiger partial charge in [0.1, 0.15) is 17.6 Å². The average molecular weight is 411 g/mol. The van der Waals surface area contributed by atoms with E-state index in [2.05, 4.69) is 30.8 Å². The molecular weight excluding hydrogens is 385 g/mol. The molecule has 1 aromatic carbocycles. The molecule has 1 fully saturated rings. The van der Waals surface area contributed by atoms with Crippen LogP contribution in [0.2, 0.25) is 0 Å². The van der Waals surface area contributed by atoms with E-state index in [1.807, 2.05) is 33.8 Å². The zero-order valence-corrected chi connectivity index (χ0v) is 17.5. The van der Waals surface area contributed by atoms with E-state index < -0.39 is 17.8 Å². The van der Waals surface area contributed by atoms with Crippen LogP contribution < -0.4 is 10.6 Å². The number of benzene rings is 1. The van der Waals surface area contributed by atoms with Crippen LogP contribution in [0.5, 0.6) is 5.75 Å². The minimum atomic E-state index is -1.12. The van der Waals surface area contributed by atoms with Crippen molar-refractivity contribution in [1.82, 2.24) is 30.0 Å². The summed E-state index contributed by atoms with van der Waals surface area (Å²) in [6.07, 6.45) is 6.09. The summed E-state index contributed by atoms with van der Waals surface area (Å²) >= 11 is 0. The summed E-state index contributed by atoms with van der Waals surface area (Å²) in [6.45, 7) is 7.80. The third-order valence-corrected chi connectivity index (χ3v) is 5.37. The topological polar surface area (TPSA) is 101 Å². The highest BCUT2D eigenvalue weighted by Gasteiger charge is 2.46. The lowest BCUT2D eigenvalue weighted by Crippen LogP contribution is -2.67. The first-order chi connectivity index (χ1) is 14.1. The van der Waals surface area contributed by atoms with E-state index in [0.717, 1.165) is 5.69 Å². The molecule has 3 N–H and O–H groups in total. The van der Waals surface area contributed by atoms with Crippen molar-refractivity contribution in [1.29, 1.82) is 0 Å². The highest BCUT2D eigenvalue weighted by molar-refractivity contribution is 5.68. The lowest BCUT2D eigenvalue weighted by atomic mass is 9.78. The second-order valence-electron chi connectivity index (χ2n) is 8.93. The van der Waals surface area contributed by atoms with Gasteiger partial charge in [0.05, 0.1) is 24.3 Å². The second-order valence-corrected chi connectivity index (χ2v) is 8.93. The zero-order valence-electron chi connectivity index (χ0n) is 17.5. The molecule has 2 aromatic heterocycles. The van der Waals surface area contributed by atoms with Gasteiger partial charge in [0, 0.05) is 35.1 Å². The molecule has 0 bridgehead atoms. The van der Waals surface area contributed by atoms with Crippen LogP contribution in [0.1, 0.15) is 34.1 Å². The summed E-state index contributed by atoms with van der Waals surface area (Å²) in [4.78, 5) is 8.30. The van der Waals surface area contributed by atoms with E-state index in [4.69, 9.17) is 0 Å². The summed E-state index contributed by atoms with van der Waals surface area (Å²) in [5.41, 5.74) is 0.823. The second kappa shape index (κ2) is 7.32. The summed E-state index contributed by atoms with van der Waals surface area (Å²) in [7, 11) is 0. The van der Waals surface area contributed by atoms with E-state index >= 15 is 0 Å². The van der Waals surface area contributed by atoms with Crippen molar-refractivity contribution in [3.05, 3.63) is 43.1 Å². The molecule has 0 amide bonds. The zero-order chi connectivity index (χ0) is 21.5. The molecule has 3 heterocycles. The molecule has 2 atom stereocenters.